The van der Waals surface area contributed by atoms with Gasteiger partial charge in [0.05, 0.1) is 11.3 Å². The molecule has 0 spiro atoms. The molecule has 0 aliphatic carbocycles. The van der Waals surface area contributed by atoms with E-state index >= 15 is 0 Å². The Balaban J connectivity index is 2.37. The van der Waals surface area contributed by atoms with Gasteiger partial charge in [0.15, 0.2) is 5.75 Å². The number of carbonyl (C=O) groups excluding carboxylic acids is 1. The molecule has 0 aliphatic rings. The van der Waals surface area contributed by atoms with Crippen LogP contribution in [0.15, 0.2) is 42.5 Å². The van der Waals surface area contributed by atoms with Crippen molar-refractivity contribution in [3.63, 3.8) is 0 Å². The Hall–Kier alpha value is -3.17. The van der Waals surface area contributed by atoms with Gasteiger partial charge in [-0.1, -0.05) is 30.0 Å². The average Bonchev–Trinajstić information content (AvgIpc) is 2.50. The van der Waals surface area contributed by atoms with E-state index in [1.165, 1.54) is 12.1 Å². The highest BCUT2D eigenvalue weighted by atomic mass is 16.3. The third kappa shape index (κ3) is 2.63. The van der Waals surface area contributed by atoms with Crippen LogP contribution in [0.25, 0.3) is 0 Å². The van der Waals surface area contributed by atoms with E-state index in [9.17, 15) is 9.90 Å². The van der Waals surface area contributed by atoms with E-state index < -0.39 is 0 Å². The van der Waals surface area contributed by atoms with Crippen molar-refractivity contribution in [3.05, 3.63) is 59.2 Å². The number of aromatic hydroxyl groups is 1. The predicted octanol–water partition coefficient (Wildman–Crippen LogP) is 2.61. The number of terminal acetylenes is 2. The second-order valence-electron chi connectivity index (χ2n) is 4.03. The molecule has 2 aromatic rings. The number of phenolic OH excluding ortho intramolecular Hbond substituents is 1. The summed E-state index contributed by atoms with van der Waals surface area (Å²) in [7, 11) is 0. The summed E-state index contributed by atoms with van der Waals surface area (Å²) in [6.07, 6.45) is 10.6. The molecule has 3 heteroatoms. The Labute approximate surface area is 117 Å². The number of nitrogens with one attached hydrogen (secondary N) is 1. The van der Waals surface area contributed by atoms with E-state index in [1.807, 2.05) is 6.07 Å². The van der Waals surface area contributed by atoms with Gasteiger partial charge in [0.25, 0.3) is 5.91 Å². The number of rotatable bonds is 2. The fraction of sp³-hybridized carbons (Fsp3) is 0. The molecule has 0 saturated heterocycles. The van der Waals surface area contributed by atoms with Crippen LogP contribution in [0.3, 0.4) is 0 Å². The minimum atomic E-state index is -0.349. The largest absolute Gasteiger partial charge is 0.505 e. The van der Waals surface area contributed by atoms with Gasteiger partial charge in [0.2, 0.25) is 0 Å². The molecule has 2 N–H and O–H groups in total. The SMILES string of the molecule is C#Cc1cc(C#C)c(O)c(NC(=O)c2ccccc2)c1. The van der Waals surface area contributed by atoms with Crippen LogP contribution in [0.2, 0.25) is 0 Å². The summed E-state index contributed by atoms with van der Waals surface area (Å²) in [5, 5.41) is 12.6. The van der Waals surface area contributed by atoms with Gasteiger partial charge in [-0.25, -0.2) is 0 Å². The predicted molar refractivity (Wildman–Crippen MR) is 78.4 cm³/mol. The molecule has 20 heavy (non-hydrogen) atoms. The molecule has 0 bridgehead atoms. The summed E-state index contributed by atoms with van der Waals surface area (Å²) in [5.41, 5.74) is 1.39. The molecule has 0 atom stereocenters. The zero-order valence-corrected chi connectivity index (χ0v) is 10.6. The first-order chi connectivity index (χ1) is 9.65. The summed E-state index contributed by atoms with van der Waals surface area (Å²) in [4.78, 5) is 12.0. The van der Waals surface area contributed by atoms with E-state index in [0.29, 0.717) is 11.1 Å². The third-order valence-corrected chi connectivity index (χ3v) is 2.72. The van der Waals surface area contributed by atoms with Crippen LogP contribution >= 0.6 is 0 Å². The minimum absolute atomic E-state index is 0.171. The molecule has 0 heterocycles. The Kier molecular flexibility index (Phi) is 3.75. The number of phenols is 1. The van der Waals surface area contributed by atoms with Gasteiger partial charge < -0.3 is 10.4 Å². The van der Waals surface area contributed by atoms with Crippen LogP contribution in [-0.4, -0.2) is 11.0 Å². The minimum Gasteiger partial charge on any atom is -0.505 e. The highest BCUT2D eigenvalue weighted by molar-refractivity contribution is 6.05. The normalized spacial score (nSPS) is 9.30. The lowest BCUT2D eigenvalue weighted by atomic mass is 10.1. The number of anilines is 1. The molecule has 0 unspecified atom stereocenters. The molecule has 0 aliphatic heterocycles. The summed E-state index contributed by atoms with van der Waals surface area (Å²) in [6, 6.07) is 11.6. The highest BCUT2D eigenvalue weighted by Crippen LogP contribution is 2.29. The fourth-order valence-corrected chi connectivity index (χ4v) is 1.71. The number of hydrogen-bond donors (Lipinski definition) is 2. The van der Waals surface area contributed by atoms with Crippen molar-refractivity contribution in [1.82, 2.24) is 0 Å². The summed E-state index contributed by atoms with van der Waals surface area (Å²) < 4.78 is 0. The lowest BCUT2D eigenvalue weighted by molar-refractivity contribution is 0.102. The first-order valence-electron chi connectivity index (χ1n) is 5.82. The number of benzene rings is 2. The molecule has 2 aromatic carbocycles. The third-order valence-electron chi connectivity index (χ3n) is 2.72. The molecular weight excluding hydrogens is 250 g/mol. The Morgan fingerprint density at radius 1 is 1.10 bits per heavy atom. The molecule has 0 aromatic heterocycles. The van der Waals surface area contributed by atoms with Crippen LogP contribution in [0.5, 0.6) is 5.75 Å². The van der Waals surface area contributed by atoms with E-state index in [1.54, 1.807) is 24.3 Å². The highest BCUT2D eigenvalue weighted by Gasteiger charge is 2.12. The molecule has 3 nitrogen and oxygen atoms in total. The van der Waals surface area contributed by atoms with Crippen LogP contribution < -0.4 is 5.32 Å². The average molecular weight is 261 g/mol. The van der Waals surface area contributed by atoms with Gasteiger partial charge in [0.1, 0.15) is 0 Å². The number of amides is 1. The van der Waals surface area contributed by atoms with Crippen molar-refractivity contribution >= 4 is 11.6 Å². The van der Waals surface area contributed by atoms with Gasteiger partial charge in [-0.05, 0) is 24.3 Å². The maximum atomic E-state index is 12.0. The lowest BCUT2D eigenvalue weighted by Gasteiger charge is -2.09. The standard InChI is InChI=1S/C17H11NO2/c1-3-12-10-13(4-2)16(19)15(11-12)18-17(20)14-8-6-5-7-9-14/h1-2,5-11,19H,(H,18,20). The quantitative estimate of drug-likeness (QED) is 0.645. The topological polar surface area (TPSA) is 49.3 Å². The van der Waals surface area contributed by atoms with Crippen LogP contribution in [-0.2, 0) is 0 Å². The second-order valence-corrected chi connectivity index (χ2v) is 4.03. The van der Waals surface area contributed by atoms with Crippen molar-refractivity contribution in [2.75, 3.05) is 5.32 Å². The van der Waals surface area contributed by atoms with Gasteiger partial charge in [-0.3, -0.25) is 4.79 Å². The number of hydrogen-bond acceptors (Lipinski definition) is 2. The smallest absolute Gasteiger partial charge is 0.255 e. The Morgan fingerprint density at radius 3 is 2.40 bits per heavy atom. The van der Waals surface area contributed by atoms with E-state index in [0.717, 1.165) is 0 Å². The lowest BCUT2D eigenvalue weighted by Crippen LogP contribution is -2.12. The van der Waals surface area contributed by atoms with Crippen molar-refractivity contribution in [1.29, 1.82) is 0 Å². The second kappa shape index (κ2) is 5.65. The molecule has 2 rings (SSSR count). The van der Waals surface area contributed by atoms with Crippen molar-refractivity contribution in [2.24, 2.45) is 0 Å². The maximum absolute atomic E-state index is 12.0. The van der Waals surface area contributed by atoms with Crippen molar-refractivity contribution in [2.45, 2.75) is 0 Å². The summed E-state index contributed by atoms with van der Waals surface area (Å²) in [5.74, 6) is 4.23. The van der Waals surface area contributed by atoms with E-state index in [2.05, 4.69) is 17.2 Å². The Bertz CT molecular complexity index is 734. The summed E-state index contributed by atoms with van der Waals surface area (Å²) >= 11 is 0. The summed E-state index contributed by atoms with van der Waals surface area (Å²) in [6.45, 7) is 0. The van der Waals surface area contributed by atoms with Crippen molar-refractivity contribution < 1.29 is 9.90 Å². The van der Waals surface area contributed by atoms with Crippen molar-refractivity contribution in [3.8, 4) is 30.4 Å². The van der Waals surface area contributed by atoms with Crippen LogP contribution in [0, 0.1) is 24.7 Å². The fourth-order valence-electron chi connectivity index (χ4n) is 1.71. The Morgan fingerprint density at radius 2 is 1.80 bits per heavy atom. The van der Waals surface area contributed by atoms with Gasteiger partial charge in [0, 0.05) is 11.1 Å². The van der Waals surface area contributed by atoms with Crippen LogP contribution in [0.1, 0.15) is 21.5 Å². The van der Waals surface area contributed by atoms with Gasteiger partial charge in [-0.2, -0.15) is 0 Å². The zero-order valence-electron chi connectivity index (χ0n) is 10.6. The monoisotopic (exact) mass is 261 g/mol. The first-order valence-corrected chi connectivity index (χ1v) is 5.82. The zero-order chi connectivity index (χ0) is 14.5. The van der Waals surface area contributed by atoms with Gasteiger partial charge in [-0.15, -0.1) is 12.8 Å². The molecule has 1 amide bonds. The molecule has 0 radical (unpaired) electrons. The molecule has 96 valence electrons. The van der Waals surface area contributed by atoms with E-state index in [4.69, 9.17) is 12.8 Å². The molecular formula is C17H11NO2. The molecule has 0 fully saturated rings. The van der Waals surface area contributed by atoms with E-state index in [-0.39, 0.29) is 22.9 Å². The first kappa shape index (κ1) is 13.3. The van der Waals surface area contributed by atoms with Gasteiger partial charge >= 0.3 is 0 Å². The number of carbonyl (C=O) groups is 1. The molecule has 0 saturated carbocycles. The maximum Gasteiger partial charge on any atom is 0.255 e. The van der Waals surface area contributed by atoms with Crippen LogP contribution in [0.4, 0.5) is 5.69 Å².